The van der Waals surface area contributed by atoms with E-state index in [2.05, 4.69) is 5.32 Å². The highest BCUT2D eigenvalue weighted by atomic mass is 32.2. The lowest BCUT2D eigenvalue weighted by Gasteiger charge is -2.24. The van der Waals surface area contributed by atoms with Crippen molar-refractivity contribution in [2.24, 2.45) is 0 Å². The predicted octanol–water partition coefficient (Wildman–Crippen LogP) is 2.37. The van der Waals surface area contributed by atoms with Crippen molar-refractivity contribution in [1.29, 1.82) is 0 Å². The van der Waals surface area contributed by atoms with Gasteiger partial charge in [-0.1, -0.05) is 19.1 Å². The number of carbonyl (C=O) groups is 1. The Morgan fingerprint density at radius 1 is 1.32 bits per heavy atom. The molecule has 0 fully saturated rings. The van der Waals surface area contributed by atoms with Gasteiger partial charge in [-0.3, -0.25) is 9.10 Å². The molecule has 0 aliphatic rings. The molecule has 6 heteroatoms. The van der Waals surface area contributed by atoms with Crippen LogP contribution in [0.15, 0.2) is 18.2 Å². The summed E-state index contributed by atoms with van der Waals surface area (Å²) >= 11 is 0. The van der Waals surface area contributed by atoms with Gasteiger partial charge in [0.25, 0.3) is 0 Å². The Hall–Kier alpha value is -1.56. The van der Waals surface area contributed by atoms with Crippen molar-refractivity contribution in [1.82, 2.24) is 5.32 Å². The summed E-state index contributed by atoms with van der Waals surface area (Å²) in [5.41, 5.74) is 2.50. The van der Waals surface area contributed by atoms with Gasteiger partial charge in [-0.15, -0.1) is 0 Å². The van der Waals surface area contributed by atoms with Crippen molar-refractivity contribution < 1.29 is 13.2 Å². The summed E-state index contributed by atoms with van der Waals surface area (Å²) in [5, 5.41) is 2.85. The molecule has 0 saturated carbocycles. The van der Waals surface area contributed by atoms with E-state index in [9.17, 15) is 13.2 Å². The highest BCUT2D eigenvalue weighted by Gasteiger charge is 2.20. The molecule has 124 valence electrons. The van der Waals surface area contributed by atoms with E-state index in [4.69, 9.17) is 0 Å². The molecular formula is C16H26N2O3S. The molecule has 1 unspecified atom stereocenters. The minimum absolute atomic E-state index is 0.0971. The maximum Gasteiger partial charge on any atom is 0.232 e. The van der Waals surface area contributed by atoms with Crippen LogP contribution in [-0.4, -0.2) is 33.2 Å². The first-order chi connectivity index (χ1) is 10.1. The van der Waals surface area contributed by atoms with E-state index >= 15 is 0 Å². The molecule has 0 radical (unpaired) electrons. The van der Waals surface area contributed by atoms with E-state index in [-0.39, 0.29) is 24.9 Å². The number of nitrogens with zero attached hydrogens (tertiary/aromatic N) is 1. The number of nitrogens with one attached hydrogen (secondary N) is 1. The van der Waals surface area contributed by atoms with Gasteiger partial charge in [0.05, 0.1) is 11.9 Å². The second-order valence-electron chi connectivity index (χ2n) is 5.75. The average Bonchev–Trinajstić information content (AvgIpc) is 2.41. The van der Waals surface area contributed by atoms with Crippen LogP contribution in [0.3, 0.4) is 0 Å². The van der Waals surface area contributed by atoms with Gasteiger partial charge in [-0.25, -0.2) is 8.42 Å². The molecular weight excluding hydrogens is 300 g/mol. The van der Waals surface area contributed by atoms with Crippen LogP contribution in [0.1, 0.15) is 37.8 Å². The van der Waals surface area contributed by atoms with Gasteiger partial charge < -0.3 is 5.32 Å². The maximum atomic E-state index is 12.1. The Bertz CT molecular complexity index is 626. The molecule has 1 amide bonds. The number of amides is 1. The average molecular weight is 326 g/mol. The van der Waals surface area contributed by atoms with Crippen LogP contribution in [0.5, 0.6) is 0 Å². The summed E-state index contributed by atoms with van der Waals surface area (Å²) in [6, 6.07) is 5.76. The van der Waals surface area contributed by atoms with Gasteiger partial charge in [0.1, 0.15) is 0 Å². The highest BCUT2D eigenvalue weighted by Crippen LogP contribution is 2.24. The fourth-order valence-corrected chi connectivity index (χ4v) is 3.08. The number of sulfonamides is 1. The lowest BCUT2D eigenvalue weighted by atomic mass is 10.1. The van der Waals surface area contributed by atoms with Gasteiger partial charge in [-0.05, 0) is 44.4 Å². The summed E-state index contributed by atoms with van der Waals surface area (Å²) in [4.78, 5) is 11.9. The predicted molar refractivity (Wildman–Crippen MR) is 90.6 cm³/mol. The van der Waals surface area contributed by atoms with E-state index in [0.29, 0.717) is 5.69 Å². The molecule has 0 aromatic heterocycles. The van der Waals surface area contributed by atoms with Gasteiger partial charge in [0, 0.05) is 19.0 Å². The summed E-state index contributed by atoms with van der Waals surface area (Å²) in [7, 11) is -3.43. The second kappa shape index (κ2) is 7.63. The number of aryl methyl sites for hydroxylation is 2. The first-order valence-corrected chi connectivity index (χ1v) is 9.34. The molecule has 1 aromatic rings. The Kier molecular flexibility index (Phi) is 6.41. The molecule has 0 aliphatic heterocycles. The minimum Gasteiger partial charge on any atom is -0.354 e. The maximum absolute atomic E-state index is 12.1. The summed E-state index contributed by atoms with van der Waals surface area (Å²) in [6.45, 7) is 7.84. The Labute approximate surface area is 133 Å². The number of hydrogen-bond donors (Lipinski definition) is 1. The van der Waals surface area contributed by atoms with Crippen molar-refractivity contribution in [2.45, 2.75) is 46.6 Å². The molecule has 1 N–H and O–H groups in total. The van der Waals surface area contributed by atoms with Crippen molar-refractivity contribution >= 4 is 21.6 Å². The first kappa shape index (κ1) is 18.5. The quantitative estimate of drug-likeness (QED) is 0.836. The van der Waals surface area contributed by atoms with Crippen molar-refractivity contribution in [3.8, 4) is 0 Å². The molecule has 0 aliphatic carbocycles. The van der Waals surface area contributed by atoms with Crippen LogP contribution in [0.2, 0.25) is 0 Å². The minimum atomic E-state index is -3.43. The number of carbonyl (C=O) groups excluding carboxylic acids is 1. The molecule has 1 atom stereocenters. The molecule has 22 heavy (non-hydrogen) atoms. The van der Waals surface area contributed by atoms with Gasteiger partial charge in [0.15, 0.2) is 0 Å². The third kappa shape index (κ3) is 5.33. The molecule has 0 heterocycles. The molecule has 0 bridgehead atoms. The second-order valence-corrected chi connectivity index (χ2v) is 7.66. The molecule has 1 aromatic carbocycles. The molecule has 0 spiro atoms. The van der Waals surface area contributed by atoms with Crippen LogP contribution >= 0.6 is 0 Å². The van der Waals surface area contributed by atoms with E-state index in [0.717, 1.165) is 17.5 Å². The number of anilines is 1. The van der Waals surface area contributed by atoms with Crippen LogP contribution < -0.4 is 9.62 Å². The monoisotopic (exact) mass is 326 g/mol. The first-order valence-electron chi connectivity index (χ1n) is 7.49. The van der Waals surface area contributed by atoms with E-state index in [1.807, 2.05) is 45.9 Å². The van der Waals surface area contributed by atoms with E-state index < -0.39 is 10.0 Å². The number of rotatable bonds is 7. The fraction of sp³-hybridized carbons (Fsp3) is 0.562. The Morgan fingerprint density at radius 3 is 2.50 bits per heavy atom. The highest BCUT2D eigenvalue weighted by molar-refractivity contribution is 7.92. The molecule has 5 nitrogen and oxygen atoms in total. The topological polar surface area (TPSA) is 66.5 Å². The fourth-order valence-electron chi connectivity index (χ4n) is 2.11. The smallest absolute Gasteiger partial charge is 0.232 e. The molecule has 0 saturated heterocycles. The van der Waals surface area contributed by atoms with Crippen LogP contribution in [0.4, 0.5) is 5.69 Å². The standard InChI is InChI=1S/C16H26N2O3S/c1-6-14(4)17-16(19)9-10-18(22(5,20)21)15-11-12(2)7-8-13(15)3/h7-8,11,14H,6,9-10H2,1-5H3,(H,17,19). The zero-order chi connectivity index (χ0) is 16.9. The van der Waals surface area contributed by atoms with Crippen LogP contribution in [0, 0.1) is 13.8 Å². The largest absolute Gasteiger partial charge is 0.354 e. The summed E-state index contributed by atoms with van der Waals surface area (Å²) < 4.78 is 25.5. The molecule has 1 rings (SSSR count). The van der Waals surface area contributed by atoms with Crippen LogP contribution in [-0.2, 0) is 14.8 Å². The lowest BCUT2D eigenvalue weighted by Crippen LogP contribution is -2.37. The van der Waals surface area contributed by atoms with Gasteiger partial charge >= 0.3 is 0 Å². The van der Waals surface area contributed by atoms with E-state index in [1.165, 1.54) is 10.6 Å². The Balaban J connectivity index is 2.92. The lowest BCUT2D eigenvalue weighted by molar-refractivity contribution is -0.121. The zero-order valence-corrected chi connectivity index (χ0v) is 14.8. The normalized spacial score (nSPS) is 12.8. The third-order valence-electron chi connectivity index (χ3n) is 3.60. The third-order valence-corrected chi connectivity index (χ3v) is 4.78. The van der Waals surface area contributed by atoms with Crippen molar-refractivity contribution in [2.75, 3.05) is 17.1 Å². The van der Waals surface area contributed by atoms with Gasteiger partial charge in [0.2, 0.25) is 15.9 Å². The summed E-state index contributed by atoms with van der Waals surface area (Å²) in [5.74, 6) is -0.131. The van der Waals surface area contributed by atoms with Crippen molar-refractivity contribution in [3.05, 3.63) is 29.3 Å². The van der Waals surface area contributed by atoms with Gasteiger partial charge in [-0.2, -0.15) is 0 Å². The SMILES string of the molecule is CCC(C)NC(=O)CCN(c1cc(C)ccc1C)S(C)(=O)=O. The zero-order valence-electron chi connectivity index (χ0n) is 14.0. The summed E-state index contributed by atoms with van der Waals surface area (Å²) in [6.07, 6.45) is 2.16. The van der Waals surface area contributed by atoms with Crippen LogP contribution in [0.25, 0.3) is 0 Å². The van der Waals surface area contributed by atoms with Crippen molar-refractivity contribution in [3.63, 3.8) is 0 Å². The number of benzene rings is 1. The van der Waals surface area contributed by atoms with E-state index in [1.54, 1.807) is 0 Å². The Morgan fingerprint density at radius 2 is 1.95 bits per heavy atom. The number of hydrogen-bond acceptors (Lipinski definition) is 3.